The molecule has 0 spiro atoms. The molecule has 1 N–H and O–H groups in total. The van der Waals surface area contributed by atoms with Gasteiger partial charge in [-0.05, 0) is 34.9 Å². The highest BCUT2D eigenvalue weighted by molar-refractivity contribution is 5.97. The van der Waals surface area contributed by atoms with E-state index in [-0.39, 0.29) is 48.5 Å². The van der Waals surface area contributed by atoms with E-state index in [2.05, 4.69) is 0 Å². The van der Waals surface area contributed by atoms with Crippen LogP contribution < -0.4 is 0 Å². The van der Waals surface area contributed by atoms with Crippen LogP contribution in [0.4, 0.5) is 4.39 Å². The van der Waals surface area contributed by atoms with Crippen molar-refractivity contribution in [2.24, 2.45) is 0 Å². The summed E-state index contributed by atoms with van der Waals surface area (Å²) in [5, 5.41) is 10.00. The van der Waals surface area contributed by atoms with Gasteiger partial charge in [0.05, 0.1) is 18.7 Å². The fraction of sp³-hybridized carbons (Fsp3) is 0.214. The molecule has 0 bridgehead atoms. The summed E-state index contributed by atoms with van der Waals surface area (Å²) in [4.78, 5) is 28.9. The number of carbonyl (C=O) groups excluding carboxylic acids is 2. The lowest BCUT2D eigenvalue weighted by molar-refractivity contribution is -0.159. The molecule has 0 radical (unpaired) electrons. The fourth-order valence-corrected chi connectivity index (χ4v) is 5.04. The summed E-state index contributed by atoms with van der Waals surface area (Å²) in [7, 11) is 0. The molecule has 3 aromatic carbocycles. The van der Waals surface area contributed by atoms with Crippen molar-refractivity contribution < 1.29 is 19.1 Å². The maximum atomic E-state index is 13.6. The van der Waals surface area contributed by atoms with Crippen molar-refractivity contribution in [2.75, 3.05) is 19.7 Å². The number of fused-ring (bicyclic) bond motifs is 1. The summed E-state index contributed by atoms with van der Waals surface area (Å²) in [6.45, 7) is 0.136. The van der Waals surface area contributed by atoms with Crippen molar-refractivity contribution in [1.82, 2.24) is 9.80 Å². The van der Waals surface area contributed by atoms with E-state index in [0.717, 1.165) is 16.7 Å². The number of aliphatic hydroxyl groups excluding tert-OH is 1. The van der Waals surface area contributed by atoms with Crippen molar-refractivity contribution >= 4 is 24.0 Å². The van der Waals surface area contributed by atoms with Crippen molar-refractivity contribution in [3.8, 4) is 0 Å². The standard InChI is InChI=1S/C28H25FN2O3/c29-23-8-4-7-22(15-23)28(34)30-16-24-27(25(18-32)31(24)26(33)17-30)21-13-11-20(12-14-21)10-9-19-5-2-1-3-6-19/h1-15,24-25,27,32H,16-18H2/t24-,25-,27+/m1/s1. The Kier molecular flexibility index (Phi) is 5.99. The molecular formula is C28H25FN2O3. The molecule has 5 rings (SSSR count). The number of halogens is 1. The molecule has 0 aromatic heterocycles. The molecule has 3 atom stereocenters. The van der Waals surface area contributed by atoms with E-state index in [4.69, 9.17) is 0 Å². The first-order chi connectivity index (χ1) is 16.5. The maximum absolute atomic E-state index is 13.6. The van der Waals surface area contributed by atoms with E-state index in [1.54, 1.807) is 11.0 Å². The second-order valence-corrected chi connectivity index (χ2v) is 8.75. The number of hydrogen-bond acceptors (Lipinski definition) is 3. The molecule has 2 amide bonds. The van der Waals surface area contributed by atoms with Gasteiger partial charge in [-0.2, -0.15) is 0 Å². The van der Waals surface area contributed by atoms with Crippen molar-refractivity contribution in [3.63, 3.8) is 0 Å². The maximum Gasteiger partial charge on any atom is 0.254 e. The van der Waals surface area contributed by atoms with Gasteiger partial charge in [0.25, 0.3) is 5.91 Å². The first-order valence-corrected chi connectivity index (χ1v) is 11.3. The van der Waals surface area contributed by atoms with Crippen LogP contribution in [0.3, 0.4) is 0 Å². The largest absolute Gasteiger partial charge is 0.394 e. The predicted molar refractivity (Wildman–Crippen MR) is 128 cm³/mol. The van der Waals surface area contributed by atoms with Gasteiger partial charge in [-0.15, -0.1) is 0 Å². The van der Waals surface area contributed by atoms with Crippen LogP contribution in [0.5, 0.6) is 0 Å². The number of amides is 2. The Bertz CT molecular complexity index is 1230. The van der Waals surface area contributed by atoms with Crippen LogP contribution in [0.15, 0.2) is 78.9 Å². The molecule has 34 heavy (non-hydrogen) atoms. The summed E-state index contributed by atoms with van der Waals surface area (Å²) < 4.78 is 13.6. The molecule has 3 aromatic rings. The molecule has 0 aliphatic carbocycles. The van der Waals surface area contributed by atoms with E-state index in [1.807, 2.05) is 66.7 Å². The lowest BCUT2D eigenvalue weighted by atomic mass is 9.73. The number of hydrogen-bond donors (Lipinski definition) is 1. The summed E-state index contributed by atoms with van der Waals surface area (Å²) in [6, 6.07) is 23.1. The smallest absolute Gasteiger partial charge is 0.254 e. The lowest BCUT2D eigenvalue weighted by Crippen LogP contribution is -2.73. The molecule has 172 valence electrons. The molecule has 0 unspecified atom stereocenters. The second kappa shape index (κ2) is 9.23. The summed E-state index contributed by atoms with van der Waals surface area (Å²) in [6.07, 6.45) is 4.09. The number of benzene rings is 3. The Morgan fingerprint density at radius 3 is 2.35 bits per heavy atom. The third kappa shape index (κ3) is 4.13. The molecule has 2 aliphatic rings. The van der Waals surface area contributed by atoms with Crippen LogP contribution in [0.25, 0.3) is 12.2 Å². The van der Waals surface area contributed by atoms with E-state index in [1.165, 1.54) is 23.1 Å². The van der Waals surface area contributed by atoms with Gasteiger partial charge in [-0.1, -0.05) is 72.8 Å². The molecule has 2 heterocycles. The summed E-state index contributed by atoms with van der Waals surface area (Å²) >= 11 is 0. The van der Waals surface area contributed by atoms with Crippen LogP contribution in [0.2, 0.25) is 0 Å². The minimum atomic E-state index is -0.487. The normalized spacial score (nSPS) is 21.9. The third-order valence-electron chi connectivity index (χ3n) is 6.70. The molecule has 2 aliphatic heterocycles. The second-order valence-electron chi connectivity index (χ2n) is 8.75. The zero-order valence-corrected chi connectivity index (χ0v) is 18.5. The number of nitrogens with zero attached hydrogens (tertiary/aromatic N) is 2. The molecule has 6 heteroatoms. The monoisotopic (exact) mass is 456 g/mol. The van der Waals surface area contributed by atoms with Crippen molar-refractivity contribution in [1.29, 1.82) is 0 Å². The molecular weight excluding hydrogens is 431 g/mol. The highest BCUT2D eigenvalue weighted by Crippen LogP contribution is 2.43. The Morgan fingerprint density at radius 1 is 0.971 bits per heavy atom. The molecule has 5 nitrogen and oxygen atoms in total. The first-order valence-electron chi connectivity index (χ1n) is 11.3. The zero-order valence-electron chi connectivity index (χ0n) is 18.5. The summed E-state index contributed by atoms with van der Waals surface area (Å²) in [5.74, 6) is -1.12. The van der Waals surface area contributed by atoms with Gasteiger partial charge in [0.1, 0.15) is 12.4 Å². The van der Waals surface area contributed by atoms with Crippen LogP contribution in [0.1, 0.15) is 33.0 Å². The van der Waals surface area contributed by atoms with Crippen LogP contribution in [0, 0.1) is 5.82 Å². The Labute approximate surface area is 197 Å². The molecule has 2 fully saturated rings. The van der Waals surface area contributed by atoms with Gasteiger partial charge < -0.3 is 14.9 Å². The van der Waals surface area contributed by atoms with E-state index < -0.39 is 5.82 Å². The highest BCUT2D eigenvalue weighted by Gasteiger charge is 2.54. The number of piperazine rings is 1. The Hall–Kier alpha value is -3.77. The highest BCUT2D eigenvalue weighted by atomic mass is 19.1. The first kappa shape index (κ1) is 22.0. The SMILES string of the molecule is O=C(c1cccc(F)c1)N1CC(=O)N2[C@H](CO)[C@@H](c3ccc(C=Cc4ccccc4)cc3)[C@H]2C1. The minimum Gasteiger partial charge on any atom is -0.394 e. The third-order valence-corrected chi connectivity index (χ3v) is 6.70. The van der Waals surface area contributed by atoms with Crippen molar-refractivity contribution in [3.05, 3.63) is 107 Å². The van der Waals surface area contributed by atoms with Crippen LogP contribution in [-0.2, 0) is 4.79 Å². The van der Waals surface area contributed by atoms with Gasteiger partial charge in [0.2, 0.25) is 5.91 Å². The quantitative estimate of drug-likeness (QED) is 0.594. The number of rotatable bonds is 5. The number of carbonyl (C=O) groups is 2. The van der Waals surface area contributed by atoms with Gasteiger partial charge in [-0.3, -0.25) is 9.59 Å². The average Bonchev–Trinajstić information content (AvgIpc) is 2.85. The van der Waals surface area contributed by atoms with Gasteiger partial charge in [0, 0.05) is 18.0 Å². The number of aliphatic hydroxyl groups is 1. The van der Waals surface area contributed by atoms with Gasteiger partial charge >= 0.3 is 0 Å². The van der Waals surface area contributed by atoms with E-state index >= 15 is 0 Å². The Balaban J connectivity index is 1.34. The van der Waals surface area contributed by atoms with Gasteiger partial charge in [0.15, 0.2) is 0 Å². The van der Waals surface area contributed by atoms with Crippen molar-refractivity contribution in [2.45, 2.75) is 18.0 Å². The molecule has 0 saturated carbocycles. The fourth-order valence-electron chi connectivity index (χ4n) is 5.04. The van der Waals surface area contributed by atoms with Crippen LogP contribution >= 0.6 is 0 Å². The topological polar surface area (TPSA) is 60.9 Å². The van der Waals surface area contributed by atoms with E-state index in [0.29, 0.717) is 6.54 Å². The van der Waals surface area contributed by atoms with Gasteiger partial charge in [-0.25, -0.2) is 4.39 Å². The zero-order chi connectivity index (χ0) is 23.7. The van der Waals surface area contributed by atoms with Crippen LogP contribution in [-0.4, -0.2) is 58.5 Å². The Morgan fingerprint density at radius 2 is 1.68 bits per heavy atom. The molecule has 2 saturated heterocycles. The van der Waals surface area contributed by atoms with E-state index in [9.17, 15) is 19.1 Å². The lowest BCUT2D eigenvalue weighted by Gasteiger charge is -2.58. The summed E-state index contributed by atoms with van der Waals surface area (Å²) in [5.41, 5.74) is 3.41. The minimum absolute atomic E-state index is 0.0711. The predicted octanol–water partition coefficient (Wildman–Crippen LogP) is 3.81. The average molecular weight is 457 g/mol.